The molecular weight excluding hydrogens is 357 g/mol. The van der Waals surface area contributed by atoms with Gasteiger partial charge in [-0.25, -0.2) is 12.8 Å². The van der Waals surface area contributed by atoms with E-state index >= 15 is 0 Å². The molecule has 1 aliphatic rings. The van der Waals surface area contributed by atoms with E-state index in [4.69, 9.17) is 5.11 Å². The van der Waals surface area contributed by atoms with Crippen molar-refractivity contribution in [3.8, 4) is 0 Å². The minimum absolute atomic E-state index is 0.0553. The van der Waals surface area contributed by atoms with Crippen LogP contribution < -0.4 is 0 Å². The Morgan fingerprint density at radius 2 is 1.88 bits per heavy atom. The minimum Gasteiger partial charge on any atom is -0.481 e. The molecule has 1 aliphatic heterocycles. The van der Waals surface area contributed by atoms with E-state index in [2.05, 4.69) is 0 Å². The van der Waals surface area contributed by atoms with E-state index in [1.54, 1.807) is 18.2 Å². The zero-order valence-corrected chi connectivity index (χ0v) is 14.7. The van der Waals surface area contributed by atoms with Gasteiger partial charge in [0, 0.05) is 13.1 Å². The molecule has 5 nitrogen and oxygen atoms in total. The first-order chi connectivity index (χ1) is 12.4. The second-order valence-electron chi connectivity index (χ2n) is 6.08. The zero-order chi connectivity index (χ0) is 18.7. The van der Waals surface area contributed by atoms with Crippen molar-refractivity contribution in [1.29, 1.82) is 0 Å². The van der Waals surface area contributed by atoms with Crippen molar-refractivity contribution in [1.82, 2.24) is 4.31 Å². The summed E-state index contributed by atoms with van der Waals surface area (Å²) in [5.74, 6) is -1.40. The van der Waals surface area contributed by atoms with Crippen molar-refractivity contribution in [3.63, 3.8) is 0 Å². The molecular formula is C19H18FNO4S. The van der Waals surface area contributed by atoms with Crippen LogP contribution in [0.5, 0.6) is 0 Å². The number of nitrogens with zero attached hydrogens (tertiary/aromatic N) is 1. The summed E-state index contributed by atoms with van der Waals surface area (Å²) in [6, 6.07) is 11.9. The third kappa shape index (κ3) is 4.00. The molecule has 0 saturated carbocycles. The molecule has 0 aromatic heterocycles. The molecule has 2 aromatic carbocycles. The highest BCUT2D eigenvalue weighted by atomic mass is 32.2. The lowest BCUT2D eigenvalue weighted by atomic mass is 9.99. The van der Waals surface area contributed by atoms with Gasteiger partial charge in [-0.05, 0) is 47.4 Å². The summed E-state index contributed by atoms with van der Waals surface area (Å²) >= 11 is 0. The highest BCUT2D eigenvalue weighted by Crippen LogP contribution is 2.26. The predicted octanol–water partition coefficient (Wildman–Crippen LogP) is 2.93. The maximum absolute atomic E-state index is 13.1. The molecule has 0 unspecified atom stereocenters. The number of carboxylic acid groups (broad SMARTS) is 1. The second kappa shape index (κ2) is 7.39. The number of carboxylic acids is 1. The van der Waals surface area contributed by atoms with Crippen LogP contribution in [-0.2, 0) is 21.2 Å². The van der Waals surface area contributed by atoms with Gasteiger partial charge in [-0.15, -0.1) is 0 Å². The number of hydrogen-bond donors (Lipinski definition) is 1. The van der Waals surface area contributed by atoms with Crippen molar-refractivity contribution in [2.75, 3.05) is 13.1 Å². The van der Waals surface area contributed by atoms with Crippen LogP contribution in [0.25, 0.3) is 5.57 Å². The molecule has 3 rings (SSSR count). The summed E-state index contributed by atoms with van der Waals surface area (Å²) in [6.45, 7) is 0.536. The van der Waals surface area contributed by atoms with E-state index in [9.17, 15) is 17.6 Å². The van der Waals surface area contributed by atoms with Gasteiger partial charge in [0.25, 0.3) is 0 Å². The third-order valence-corrected chi connectivity index (χ3v) is 6.08. The van der Waals surface area contributed by atoms with Crippen LogP contribution in [0.2, 0.25) is 0 Å². The molecule has 0 spiro atoms. The fourth-order valence-corrected chi connectivity index (χ4v) is 4.37. The standard InChI is InChI=1S/C19H18FNO4S/c20-17-6-8-18(9-7-17)26(24,25)21-10-2-5-16(13-21)15-4-1-3-14(11-15)12-19(22)23/h1,3-9,11H,2,10,12-13H2,(H,22,23). The molecule has 7 heteroatoms. The number of aliphatic carboxylic acids is 1. The number of benzene rings is 2. The average molecular weight is 375 g/mol. The van der Waals surface area contributed by atoms with Crippen molar-refractivity contribution in [3.05, 3.63) is 71.6 Å². The molecule has 0 amide bonds. The molecule has 0 aliphatic carbocycles. The monoisotopic (exact) mass is 375 g/mol. The lowest BCUT2D eigenvalue weighted by molar-refractivity contribution is -0.136. The van der Waals surface area contributed by atoms with Gasteiger partial charge in [0.1, 0.15) is 5.82 Å². The fraction of sp³-hybridized carbons (Fsp3) is 0.211. The Balaban J connectivity index is 1.84. The van der Waals surface area contributed by atoms with Crippen LogP contribution in [-0.4, -0.2) is 36.9 Å². The highest BCUT2D eigenvalue weighted by Gasteiger charge is 2.27. The van der Waals surface area contributed by atoms with Crippen molar-refractivity contribution < 1.29 is 22.7 Å². The van der Waals surface area contributed by atoms with E-state index < -0.39 is 21.8 Å². The molecule has 0 radical (unpaired) electrons. The third-order valence-electron chi connectivity index (χ3n) is 4.22. The summed E-state index contributed by atoms with van der Waals surface area (Å²) < 4.78 is 40.0. The lowest BCUT2D eigenvalue weighted by Crippen LogP contribution is -2.35. The molecule has 0 atom stereocenters. The first-order valence-electron chi connectivity index (χ1n) is 8.12. The van der Waals surface area contributed by atoms with Gasteiger partial charge < -0.3 is 5.11 Å². The normalized spacial score (nSPS) is 15.5. The van der Waals surface area contributed by atoms with Crippen LogP contribution >= 0.6 is 0 Å². The molecule has 2 aromatic rings. The number of rotatable bonds is 5. The molecule has 0 bridgehead atoms. The van der Waals surface area contributed by atoms with Gasteiger partial charge in [0.05, 0.1) is 11.3 Å². The van der Waals surface area contributed by atoms with Crippen LogP contribution in [0.1, 0.15) is 17.5 Å². The van der Waals surface area contributed by atoms with Gasteiger partial charge >= 0.3 is 5.97 Å². The number of hydrogen-bond acceptors (Lipinski definition) is 3. The average Bonchev–Trinajstić information content (AvgIpc) is 2.62. The van der Waals surface area contributed by atoms with Crippen molar-refractivity contribution in [2.45, 2.75) is 17.7 Å². The first kappa shape index (κ1) is 18.3. The number of carbonyl (C=O) groups is 1. The molecule has 0 saturated heterocycles. The second-order valence-corrected chi connectivity index (χ2v) is 8.02. The lowest BCUT2D eigenvalue weighted by Gasteiger charge is -2.27. The van der Waals surface area contributed by atoms with Gasteiger partial charge in [-0.2, -0.15) is 4.31 Å². The summed E-state index contributed by atoms with van der Waals surface area (Å²) in [5, 5.41) is 8.93. The largest absolute Gasteiger partial charge is 0.481 e. The highest BCUT2D eigenvalue weighted by molar-refractivity contribution is 7.89. The molecule has 26 heavy (non-hydrogen) atoms. The van der Waals surface area contributed by atoms with Crippen LogP contribution in [0.3, 0.4) is 0 Å². The van der Waals surface area contributed by atoms with E-state index in [1.807, 2.05) is 12.1 Å². The maximum atomic E-state index is 13.1. The Labute approximate surface area is 151 Å². The van der Waals surface area contributed by atoms with E-state index in [0.29, 0.717) is 18.5 Å². The van der Waals surface area contributed by atoms with Crippen LogP contribution in [0, 0.1) is 5.82 Å². The molecule has 136 valence electrons. The number of halogens is 1. The smallest absolute Gasteiger partial charge is 0.307 e. The zero-order valence-electron chi connectivity index (χ0n) is 13.9. The number of sulfonamides is 1. The quantitative estimate of drug-likeness (QED) is 0.872. The Bertz CT molecular complexity index is 952. The minimum atomic E-state index is -3.72. The maximum Gasteiger partial charge on any atom is 0.307 e. The first-order valence-corrected chi connectivity index (χ1v) is 9.56. The van der Waals surface area contributed by atoms with E-state index in [0.717, 1.165) is 23.3 Å². The van der Waals surface area contributed by atoms with Crippen LogP contribution in [0.4, 0.5) is 4.39 Å². The van der Waals surface area contributed by atoms with Gasteiger partial charge in [0.15, 0.2) is 0 Å². The Morgan fingerprint density at radius 1 is 1.15 bits per heavy atom. The Kier molecular flexibility index (Phi) is 5.20. The summed E-state index contributed by atoms with van der Waals surface area (Å²) in [4.78, 5) is 10.9. The topological polar surface area (TPSA) is 74.7 Å². The van der Waals surface area contributed by atoms with Gasteiger partial charge in [-0.1, -0.05) is 30.3 Å². The van der Waals surface area contributed by atoms with E-state index in [-0.39, 0.29) is 17.9 Å². The Morgan fingerprint density at radius 3 is 2.58 bits per heavy atom. The molecule has 1 heterocycles. The summed E-state index contributed by atoms with van der Waals surface area (Å²) in [6.07, 6.45) is 2.44. The summed E-state index contributed by atoms with van der Waals surface area (Å²) in [7, 11) is -3.72. The molecule has 1 N–H and O–H groups in total. The van der Waals surface area contributed by atoms with Crippen molar-refractivity contribution >= 4 is 21.6 Å². The molecule has 0 fully saturated rings. The Hall–Kier alpha value is -2.51. The summed E-state index contributed by atoms with van der Waals surface area (Å²) in [5.41, 5.74) is 2.30. The fourth-order valence-electron chi connectivity index (χ4n) is 2.94. The van der Waals surface area contributed by atoms with Gasteiger partial charge in [-0.3, -0.25) is 4.79 Å². The van der Waals surface area contributed by atoms with Gasteiger partial charge in [0.2, 0.25) is 10.0 Å². The SMILES string of the molecule is O=C(O)Cc1cccc(C2=CCCN(S(=O)(=O)c3ccc(F)cc3)C2)c1. The van der Waals surface area contributed by atoms with E-state index in [1.165, 1.54) is 16.4 Å². The predicted molar refractivity (Wildman–Crippen MR) is 95.5 cm³/mol. The van der Waals surface area contributed by atoms with Crippen LogP contribution in [0.15, 0.2) is 59.5 Å². The van der Waals surface area contributed by atoms with Crippen molar-refractivity contribution in [2.24, 2.45) is 0 Å².